The van der Waals surface area contributed by atoms with Gasteiger partial charge in [-0.2, -0.15) is 0 Å². The van der Waals surface area contributed by atoms with Crippen LogP contribution in [0.1, 0.15) is 4.88 Å². The Bertz CT molecular complexity index is 455. The predicted octanol–water partition coefficient (Wildman–Crippen LogP) is 1.07. The van der Waals surface area contributed by atoms with E-state index in [0.717, 1.165) is 4.88 Å². The molecule has 1 aromatic rings. The van der Waals surface area contributed by atoms with E-state index >= 15 is 0 Å². The maximum Gasteiger partial charge on any atom is 0.328 e. The van der Waals surface area contributed by atoms with Gasteiger partial charge in [0.2, 0.25) is 5.91 Å². The molecule has 1 fully saturated rings. The Hall–Kier alpha value is -1.66. The molecule has 1 saturated heterocycles. The van der Waals surface area contributed by atoms with Gasteiger partial charge in [0.25, 0.3) is 0 Å². The molecule has 1 aromatic heterocycles. The van der Waals surface area contributed by atoms with Crippen molar-refractivity contribution in [1.82, 2.24) is 4.90 Å². The van der Waals surface area contributed by atoms with Crippen LogP contribution in [0.2, 0.25) is 0 Å². The molecule has 2 rings (SSSR count). The van der Waals surface area contributed by atoms with Crippen LogP contribution in [0.3, 0.4) is 0 Å². The van der Waals surface area contributed by atoms with E-state index < -0.39 is 12.0 Å². The van der Waals surface area contributed by atoms with Gasteiger partial charge in [0.15, 0.2) is 6.04 Å². The molecule has 6 heteroatoms. The summed E-state index contributed by atoms with van der Waals surface area (Å²) in [4.78, 5) is 25.2. The van der Waals surface area contributed by atoms with Crippen molar-refractivity contribution in [1.29, 1.82) is 0 Å². The number of amides is 1. The number of hydrogen-bond donors (Lipinski definition) is 1. The number of ether oxygens (including phenoxy) is 1. The quantitative estimate of drug-likeness (QED) is 0.832. The van der Waals surface area contributed by atoms with E-state index in [4.69, 9.17) is 9.84 Å². The molecule has 5 nitrogen and oxygen atoms in total. The minimum atomic E-state index is -1.03. The topological polar surface area (TPSA) is 66.8 Å². The van der Waals surface area contributed by atoms with Crippen molar-refractivity contribution in [3.8, 4) is 0 Å². The number of nitrogens with zero attached hydrogens (tertiary/aromatic N) is 1. The molecule has 1 atom stereocenters. The lowest BCUT2D eigenvalue weighted by Crippen LogP contribution is -2.52. The third kappa shape index (κ3) is 2.96. The first-order valence-corrected chi connectivity index (χ1v) is 6.39. The Kier molecular flexibility index (Phi) is 4.11. The number of hydrogen-bond acceptors (Lipinski definition) is 4. The van der Waals surface area contributed by atoms with Crippen LogP contribution < -0.4 is 0 Å². The van der Waals surface area contributed by atoms with Crippen LogP contribution in [0.15, 0.2) is 23.6 Å². The second-order valence-electron chi connectivity index (χ2n) is 3.81. The summed E-state index contributed by atoms with van der Waals surface area (Å²) in [5.41, 5.74) is 0. The van der Waals surface area contributed by atoms with Crippen molar-refractivity contribution < 1.29 is 19.4 Å². The van der Waals surface area contributed by atoms with Gasteiger partial charge in [-0.15, -0.1) is 11.3 Å². The molecule has 0 saturated carbocycles. The summed E-state index contributed by atoms with van der Waals surface area (Å²) in [6, 6.07) is 2.89. The number of carboxylic acid groups (broad SMARTS) is 1. The van der Waals surface area contributed by atoms with Crippen molar-refractivity contribution in [2.75, 3.05) is 19.8 Å². The van der Waals surface area contributed by atoms with E-state index in [1.807, 2.05) is 17.5 Å². The molecule has 1 aliphatic rings. The van der Waals surface area contributed by atoms with Gasteiger partial charge in [-0.05, 0) is 17.5 Å². The summed E-state index contributed by atoms with van der Waals surface area (Å²) in [6.45, 7) is 0.737. The number of aliphatic carboxylic acids is 1. The molecule has 0 aliphatic carbocycles. The van der Waals surface area contributed by atoms with Crippen LogP contribution >= 0.6 is 11.3 Å². The monoisotopic (exact) mass is 267 g/mol. The third-order valence-electron chi connectivity index (χ3n) is 2.63. The number of carboxylic acids is 1. The summed E-state index contributed by atoms with van der Waals surface area (Å²) < 4.78 is 5.08. The average molecular weight is 267 g/mol. The van der Waals surface area contributed by atoms with Gasteiger partial charge < -0.3 is 14.7 Å². The van der Waals surface area contributed by atoms with Crippen molar-refractivity contribution in [3.05, 3.63) is 28.5 Å². The third-order valence-corrected chi connectivity index (χ3v) is 3.47. The highest BCUT2D eigenvalue weighted by Crippen LogP contribution is 2.12. The maximum absolute atomic E-state index is 11.9. The zero-order valence-electron chi connectivity index (χ0n) is 9.61. The van der Waals surface area contributed by atoms with Gasteiger partial charge in [-0.25, -0.2) is 4.79 Å². The van der Waals surface area contributed by atoms with Gasteiger partial charge in [0.1, 0.15) is 0 Å². The van der Waals surface area contributed by atoms with Crippen LogP contribution in [0, 0.1) is 0 Å². The minimum Gasteiger partial charge on any atom is -0.480 e. The first kappa shape index (κ1) is 12.8. The van der Waals surface area contributed by atoms with E-state index in [2.05, 4.69) is 0 Å². The largest absolute Gasteiger partial charge is 0.480 e. The minimum absolute atomic E-state index is 0.0495. The van der Waals surface area contributed by atoms with E-state index in [-0.39, 0.29) is 12.5 Å². The fourth-order valence-corrected chi connectivity index (χ4v) is 2.33. The van der Waals surface area contributed by atoms with Gasteiger partial charge in [0, 0.05) is 17.5 Å². The number of carbonyl (C=O) groups is 2. The van der Waals surface area contributed by atoms with Crippen molar-refractivity contribution in [2.24, 2.45) is 0 Å². The van der Waals surface area contributed by atoms with Crippen molar-refractivity contribution >= 4 is 29.3 Å². The van der Waals surface area contributed by atoms with Gasteiger partial charge >= 0.3 is 5.97 Å². The lowest BCUT2D eigenvalue weighted by molar-refractivity contribution is -0.156. The summed E-state index contributed by atoms with van der Waals surface area (Å²) in [5, 5.41) is 10.9. The molecule has 1 N–H and O–H groups in total. The van der Waals surface area contributed by atoms with Crippen molar-refractivity contribution in [2.45, 2.75) is 6.04 Å². The molecule has 0 unspecified atom stereocenters. The molecule has 0 spiro atoms. The number of rotatable bonds is 3. The zero-order valence-corrected chi connectivity index (χ0v) is 10.4. The highest BCUT2D eigenvalue weighted by molar-refractivity contribution is 7.10. The fraction of sp³-hybridized carbons (Fsp3) is 0.333. The molecular formula is C12H13NO4S. The maximum atomic E-state index is 11.9. The van der Waals surface area contributed by atoms with Crippen LogP contribution in [0.25, 0.3) is 6.08 Å². The van der Waals surface area contributed by atoms with Gasteiger partial charge in [0.05, 0.1) is 13.2 Å². The summed E-state index contributed by atoms with van der Waals surface area (Å²) in [7, 11) is 0. The highest BCUT2D eigenvalue weighted by atomic mass is 32.1. The second-order valence-corrected chi connectivity index (χ2v) is 4.79. The number of thiophene rings is 1. The Morgan fingerprint density at radius 2 is 2.39 bits per heavy atom. The summed E-state index contributed by atoms with van der Waals surface area (Å²) >= 11 is 1.52. The predicted molar refractivity (Wildman–Crippen MR) is 67.3 cm³/mol. The van der Waals surface area contributed by atoms with E-state index in [1.54, 1.807) is 6.08 Å². The van der Waals surface area contributed by atoms with Crippen LogP contribution in [-0.2, 0) is 14.3 Å². The van der Waals surface area contributed by atoms with E-state index in [0.29, 0.717) is 13.2 Å². The second kappa shape index (κ2) is 5.79. The van der Waals surface area contributed by atoms with Crippen LogP contribution in [-0.4, -0.2) is 47.7 Å². The molecular weight excluding hydrogens is 254 g/mol. The Balaban J connectivity index is 2.04. The van der Waals surface area contributed by atoms with Crippen LogP contribution in [0.4, 0.5) is 0 Å². The molecule has 1 aliphatic heterocycles. The first-order valence-electron chi connectivity index (χ1n) is 5.51. The number of morpholine rings is 1. The van der Waals surface area contributed by atoms with Gasteiger partial charge in [-0.3, -0.25) is 4.79 Å². The molecule has 0 radical (unpaired) electrons. The standard InChI is InChI=1S/C12H13NO4S/c14-11(4-3-9-2-1-7-18-9)13-5-6-17-8-10(13)12(15)16/h1-4,7,10H,5-6,8H2,(H,15,16)/b4-3+/t10-/m1/s1. The smallest absolute Gasteiger partial charge is 0.328 e. The van der Waals surface area contributed by atoms with Crippen molar-refractivity contribution in [3.63, 3.8) is 0 Å². The summed E-state index contributed by atoms with van der Waals surface area (Å²) in [6.07, 6.45) is 3.11. The average Bonchev–Trinajstić information content (AvgIpc) is 2.89. The van der Waals surface area contributed by atoms with E-state index in [1.165, 1.54) is 22.3 Å². The van der Waals surface area contributed by atoms with Crippen LogP contribution in [0.5, 0.6) is 0 Å². The molecule has 1 amide bonds. The van der Waals surface area contributed by atoms with Gasteiger partial charge in [-0.1, -0.05) is 6.07 Å². The van der Waals surface area contributed by atoms with E-state index in [9.17, 15) is 9.59 Å². The molecule has 0 bridgehead atoms. The lowest BCUT2D eigenvalue weighted by Gasteiger charge is -2.31. The Morgan fingerprint density at radius 3 is 3.06 bits per heavy atom. The zero-order chi connectivity index (χ0) is 13.0. The fourth-order valence-electron chi connectivity index (χ4n) is 1.71. The normalized spacial score (nSPS) is 20.2. The molecule has 96 valence electrons. The molecule has 0 aromatic carbocycles. The molecule has 18 heavy (non-hydrogen) atoms. The molecule has 2 heterocycles. The first-order chi connectivity index (χ1) is 8.68. The highest BCUT2D eigenvalue weighted by Gasteiger charge is 2.31. The Morgan fingerprint density at radius 1 is 1.56 bits per heavy atom. The SMILES string of the molecule is O=C(O)[C@H]1COCCN1C(=O)/C=C/c1cccs1. The lowest BCUT2D eigenvalue weighted by atomic mass is 10.2. The number of carbonyl (C=O) groups excluding carboxylic acids is 1. The Labute approximate surface area is 108 Å². The summed E-state index contributed by atoms with van der Waals surface area (Å²) in [5.74, 6) is -1.33.